The predicted octanol–water partition coefficient (Wildman–Crippen LogP) is 1.45. The van der Waals surface area contributed by atoms with Crippen molar-refractivity contribution in [1.82, 2.24) is 5.43 Å². The molecule has 0 atom stereocenters. The van der Waals surface area contributed by atoms with Crippen LogP contribution >= 0.6 is 11.3 Å². The second kappa shape index (κ2) is 4.04. The zero-order valence-electron chi connectivity index (χ0n) is 7.50. The van der Waals surface area contributed by atoms with Gasteiger partial charge in [-0.3, -0.25) is 0 Å². The summed E-state index contributed by atoms with van der Waals surface area (Å²) in [5.41, 5.74) is 8.99. The molecule has 5 heteroatoms. The number of carbonyl (C=O) groups is 1. The minimum absolute atomic E-state index is 0.645. The molecule has 1 heterocycles. The minimum Gasteiger partial charge on any atom is -0.350 e. The number of nitrogens with two attached hydrogens (primary N) is 1. The molecule has 1 rings (SSSR count). The molecule has 70 valence electrons. The van der Waals surface area contributed by atoms with E-state index in [1.165, 1.54) is 0 Å². The van der Waals surface area contributed by atoms with E-state index in [4.69, 9.17) is 5.73 Å². The van der Waals surface area contributed by atoms with Crippen LogP contribution in [0.25, 0.3) is 0 Å². The molecular formula is C8H11N3OS. The fourth-order valence-electron chi connectivity index (χ4n) is 0.933. The van der Waals surface area contributed by atoms with Crippen molar-refractivity contribution in [2.45, 2.75) is 13.8 Å². The number of hydrogen-bond acceptors (Lipinski definition) is 3. The largest absolute Gasteiger partial charge is 0.350 e. The van der Waals surface area contributed by atoms with Crippen molar-refractivity contribution in [2.75, 3.05) is 0 Å². The maximum Gasteiger partial charge on any atom is 0.332 e. The third-order valence-electron chi connectivity index (χ3n) is 1.52. The van der Waals surface area contributed by atoms with Crippen LogP contribution in [-0.4, -0.2) is 11.7 Å². The Morgan fingerprint density at radius 1 is 1.69 bits per heavy atom. The van der Waals surface area contributed by atoms with Gasteiger partial charge in [0, 0.05) is 0 Å². The van der Waals surface area contributed by atoms with Crippen LogP contribution in [0.2, 0.25) is 0 Å². The van der Waals surface area contributed by atoms with Gasteiger partial charge in [0.2, 0.25) is 0 Å². The number of urea groups is 1. The van der Waals surface area contributed by atoms with E-state index in [0.717, 1.165) is 16.2 Å². The average Bonchev–Trinajstić information content (AvgIpc) is 2.47. The Morgan fingerprint density at radius 2 is 2.38 bits per heavy atom. The standard InChI is InChI=1S/C8H11N3OS/c1-5-3-4-13-7(5)6(2)10-11-8(9)12/h3-4H,1-2H3,(H3,9,11,12)/b10-6+. The van der Waals surface area contributed by atoms with Crippen molar-refractivity contribution in [2.24, 2.45) is 10.8 Å². The van der Waals surface area contributed by atoms with Gasteiger partial charge in [0.15, 0.2) is 0 Å². The third kappa shape index (κ3) is 2.55. The molecule has 13 heavy (non-hydrogen) atoms. The molecule has 2 amide bonds. The van der Waals surface area contributed by atoms with Crippen LogP contribution < -0.4 is 11.2 Å². The van der Waals surface area contributed by atoms with Crippen LogP contribution in [0.1, 0.15) is 17.4 Å². The quantitative estimate of drug-likeness (QED) is 0.547. The van der Waals surface area contributed by atoms with E-state index in [0.29, 0.717) is 0 Å². The van der Waals surface area contributed by atoms with E-state index in [-0.39, 0.29) is 0 Å². The van der Waals surface area contributed by atoms with Crippen LogP contribution in [0.3, 0.4) is 0 Å². The van der Waals surface area contributed by atoms with Gasteiger partial charge >= 0.3 is 6.03 Å². The van der Waals surface area contributed by atoms with Gasteiger partial charge in [-0.1, -0.05) is 0 Å². The highest BCUT2D eigenvalue weighted by molar-refractivity contribution is 7.12. The molecule has 0 fully saturated rings. The van der Waals surface area contributed by atoms with E-state index < -0.39 is 6.03 Å². The Kier molecular flexibility index (Phi) is 3.02. The first-order valence-corrected chi connectivity index (χ1v) is 4.63. The number of nitrogens with zero attached hydrogens (tertiary/aromatic N) is 1. The van der Waals surface area contributed by atoms with Gasteiger partial charge in [0.25, 0.3) is 0 Å². The molecule has 0 saturated heterocycles. The summed E-state index contributed by atoms with van der Waals surface area (Å²) in [6, 6.07) is 1.36. The molecule has 0 unspecified atom stereocenters. The molecule has 0 spiro atoms. The number of hydrazone groups is 1. The van der Waals surface area contributed by atoms with E-state index in [9.17, 15) is 4.79 Å². The molecule has 0 bridgehead atoms. The van der Waals surface area contributed by atoms with Gasteiger partial charge < -0.3 is 5.73 Å². The van der Waals surface area contributed by atoms with Crippen molar-refractivity contribution in [3.05, 3.63) is 21.9 Å². The lowest BCUT2D eigenvalue weighted by Crippen LogP contribution is -2.25. The first kappa shape index (κ1) is 9.73. The molecule has 0 aromatic carbocycles. The lowest BCUT2D eigenvalue weighted by molar-refractivity contribution is 0.249. The Labute approximate surface area is 80.4 Å². The Hall–Kier alpha value is -1.36. The number of hydrogen-bond donors (Lipinski definition) is 2. The topological polar surface area (TPSA) is 67.5 Å². The lowest BCUT2D eigenvalue weighted by atomic mass is 10.2. The van der Waals surface area contributed by atoms with Gasteiger partial charge in [-0.05, 0) is 30.9 Å². The van der Waals surface area contributed by atoms with E-state index in [2.05, 4.69) is 10.5 Å². The van der Waals surface area contributed by atoms with Crippen molar-refractivity contribution < 1.29 is 4.79 Å². The normalized spacial score (nSPS) is 11.4. The molecule has 4 nitrogen and oxygen atoms in total. The van der Waals surface area contributed by atoms with Crippen molar-refractivity contribution in [3.8, 4) is 0 Å². The second-order valence-electron chi connectivity index (χ2n) is 2.61. The SMILES string of the molecule is C/C(=N\NC(N)=O)c1sccc1C. The zero-order chi connectivity index (χ0) is 9.84. The molecule has 1 aromatic heterocycles. The van der Waals surface area contributed by atoms with Crippen LogP contribution in [0, 0.1) is 6.92 Å². The Bertz CT molecular complexity index is 343. The molecular weight excluding hydrogens is 186 g/mol. The number of carbonyl (C=O) groups excluding carboxylic acids is 1. The van der Waals surface area contributed by atoms with Crippen molar-refractivity contribution in [3.63, 3.8) is 0 Å². The first-order chi connectivity index (χ1) is 6.11. The summed E-state index contributed by atoms with van der Waals surface area (Å²) in [6.45, 7) is 3.82. The van der Waals surface area contributed by atoms with Gasteiger partial charge in [-0.2, -0.15) is 5.10 Å². The van der Waals surface area contributed by atoms with Gasteiger partial charge in [-0.25, -0.2) is 10.2 Å². The molecule has 0 aliphatic carbocycles. The van der Waals surface area contributed by atoms with Crippen molar-refractivity contribution >= 4 is 23.1 Å². The average molecular weight is 197 g/mol. The molecule has 0 saturated carbocycles. The summed E-state index contributed by atoms with van der Waals surface area (Å²) in [6.07, 6.45) is 0. The van der Waals surface area contributed by atoms with Gasteiger partial charge in [0.1, 0.15) is 0 Å². The third-order valence-corrected chi connectivity index (χ3v) is 2.65. The molecule has 0 radical (unpaired) electrons. The highest BCUT2D eigenvalue weighted by Crippen LogP contribution is 2.15. The number of aryl methyl sites for hydroxylation is 1. The van der Waals surface area contributed by atoms with Crippen LogP contribution in [-0.2, 0) is 0 Å². The zero-order valence-corrected chi connectivity index (χ0v) is 8.31. The number of amides is 2. The maximum atomic E-state index is 10.4. The first-order valence-electron chi connectivity index (χ1n) is 3.75. The minimum atomic E-state index is -0.645. The summed E-state index contributed by atoms with van der Waals surface area (Å²) < 4.78 is 0. The second-order valence-corrected chi connectivity index (χ2v) is 3.52. The van der Waals surface area contributed by atoms with Gasteiger partial charge in [-0.15, -0.1) is 11.3 Å². The number of primary amides is 1. The van der Waals surface area contributed by atoms with E-state index >= 15 is 0 Å². The molecule has 1 aromatic rings. The van der Waals surface area contributed by atoms with Gasteiger partial charge in [0.05, 0.1) is 10.6 Å². The summed E-state index contributed by atoms with van der Waals surface area (Å²) in [7, 11) is 0. The smallest absolute Gasteiger partial charge is 0.332 e. The summed E-state index contributed by atoms with van der Waals surface area (Å²) in [5, 5.41) is 5.81. The number of thiophene rings is 1. The van der Waals surface area contributed by atoms with Crippen LogP contribution in [0.4, 0.5) is 4.79 Å². The van der Waals surface area contributed by atoms with E-state index in [1.54, 1.807) is 11.3 Å². The maximum absolute atomic E-state index is 10.4. The van der Waals surface area contributed by atoms with Crippen molar-refractivity contribution in [1.29, 1.82) is 0 Å². The summed E-state index contributed by atoms with van der Waals surface area (Å²) in [5.74, 6) is 0. The fraction of sp³-hybridized carbons (Fsp3) is 0.250. The van der Waals surface area contributed by atoms with E-state index in [1.807, 2.05) is 25.3 Å². The highest BCUT2D eigenvalue weighted by atomic mass is 32.1. The van der Waals surface area contributed by atoms with Crippen LogP contribution in [0.5, 0.6) is 0 Å². The Morgan fingerprint density at radius 3 is 2.85 bits per heavy atom. The lowest BCUT2D eigenvalue weighted by Gasteiger charge is -1.98. The van der Waals surface area contributed by atoms with Crippen LogP contribution in [0.15, 0.2) is 16.5 Å². The summed E-state index contributed by atoms with van der Waals surface area (Å²) in [4.78, 5) is 11.4. The number of rotatable bonds is 2. The molecule has 0 aliphatic rings. The highest BCUT2D eigenvalue weighted by Gasteiger charge is 2.02. The monoisotopic (exact) mass is 197 g/mol. The molecule has 3 N–H and O–H groups in total. The number of nitrogens with one attached hydrogen (secondary N) is 1. The fourth-order valence-corrected chi connectivity index (χ4v) is 1.81. The Balaban J connectivity index is 2.78. The molecule has 0 aliphatic heterocycles. The predicted molar refractivity (Wildman–Crippen MR) is 54.0 cm³/mol. The summed E-state index contributed by atoms with van der Waals surface area (Å²) >= 11 is 1.59.